The number of nitrogens with zero attached hydrogens (tertiary/aromatic N) is 2. The molecule has 0 aromatic heterocycles. The average molecular weight is 730 g/mol. The quantitative estimate of drug-likeness (QED) is 0.103. The van der Waals surface area contributed by atoms with Crippen molar-refractivity contribution in [3.63, 3.8) is 0 Å². The number of rotatable bonds is 13. The number of ketones is 1. The highest BCUT2D eigenvalue weighted by molar-refractivity contribution is 6.38. The van der Waals surface area contributed by atoms with Crippen molar-refractivity contribution in [1.82, 2.24) is 36.4 Å². The fraction of sp³-hybridized carbons (Fsp3) is 0.722. The normalized spacial score (nSPS) is 24.1. The highest BCUT2D eigenvalue weighted by Gasteiger charge is 2.70. The van der Waals surface area contributed by atoms with Crippen LogP contribution in [0, 0.1) is 34.0 Å². The minimum Gasteiger partial charge on any atom is -0.362 e. The summed E-state index contributed by atoms with van der Waals surface area (Å²) < 4.78 is 4.97. The van der Waals surface area contributed by atoms with Gasteiger partial charge in [-0.25, -0.2) is 9.59 Å². The topological polar surface area (TPSA) is 212 Å². The summed E-state index contributed by atoms with van der Waals surface area (Å²) in [5.74, 6) is -3.72. The van der Waals surface area contributed by atoms with E-state index >= 15 is 0 Å². The molecule has 5 N–H and O–H groups in total. The average Bonchev–Trinajstić information content (AvgIpc) is 3.89. The summed E-state index contributed by atoms with van der Waals surface area (Å²) in [7, 11) is 0. The first-order chi connectivity index (χ1) is 24.1. The minimum absolute atomic E-state index is 0.000424. The molecule has 2 heterocycles. The second-order valence-corrected chi connectivity index (χ2v) is 17.2. The molecule has 4 fully saturated rings. The van der Waals surface area contributed by atoms with Gasteiger partial charge in [0.25, 0.3) is 17.7 Å². The number of Topliss-reactive ketones (excluding diaryl/α,β-unsaturated/α-hetero) is 1. The Bertz CT molecular complexity index is 1480. The first kappa shape index (κ1) is 40.4. The zero-order valence-electron chi connectivity index (χ0n) is 31.6. The molecule has 0 radical (unpaired) electrons. The number of imide groups is 2. The second-order valence-electron chi connectivity index (χ2n) is 17.2. The lowest BCUT2D eigenvalue weighted by Crippen LogP contribution is -2.62. The summed E-state index contributed by atoms with van der Waals surface area (Å²) >= 11 is 0. The number of ether oxygens (including phenoxy) is 1. The number of likely N-dealkylation sites (tertiary alicyclic amines) is 1. The van der Waals surface area contributed by atoms with E-state index in [0.29, 0.717) is 6.42 Å². The van der Waals surface area contributed by atoms with Gasteiger partial charge in [-0.2, -0.15) is 0 Å². The molecule has 4 rings (SSSR count). The van der Waals surface area contributed by atoms with Crippen molar-refractivity contribution in [3.05, 3.63) is 12.7 Å². The number of urea groups is 2. The van der Waals surface area contributed by atoms with Gasteiger partial charge in [0.15, 0.2) is 0 Å². The highest BCUT2D eigenvalue weighted by Crippen LogP contribution is 2.65. The van der Waals surface area contributed by atoms with Gasteiger partial charge in [0.1, 0.15) is 25.3 Å². The monoisotopic (exact) mass is 729 g/mol. The van der Waals surface area contributed by atoms with Gasteiger partial charge in [0, 0.05) is 19.6 Å². The van der Waals surface area contributed by atoms with Crippen LogP contribution in [-0.2, 0) is 33.5 Å². The van der Waals surface area contributed by atoms with Crippen molar-refractivity contribution in [3.8, 4) is 0 Å². The van der Waals surface area contributed by atoms with E-state index in [-0.39, 0.29) is 56.0 Å². The molecule has 2 aliphatic heterocycles. The van der Waals surface area contributed by atoms with Gasteiger partial charge in [-0.15, -0.1) is 6.58 Å². The van der Waals surface area contributed by atoms with Gasteiger partial charge in [-0.3, -0.25) is 39.0 Å². The number of carbonyl (C=O) groups is 8. The van der Waals surface area contributed by atoms with Crippen molar-refractivity contribution in [1.29, 1.82) is 0 Å². The number of nitrogens with one attached hydrogen (secondary N) is 5. The molecule has 52 heavy (non-hydrogen) atoms. The molecule has 16 heteroatoms. The van der Waals surface area contributed by atoms with Crippen molar-refractivity contribution < 1.29 is 43.1 Å². The summed E-state index contributed by atoms with van der Waals surface area (Å²) in [4.78, 5) is 107. The molecular weight excluding hydrogens is 674 g/mol. The first-order valence-corrected chi connectivity index (χ1v) is 17.9. The fourth-order valence-corrected chi connectivity index (χ4v) is 7.12. The van der Waals surface area contributed by atoms with Gasteiger partial charge in [0.05, 0.1) is 12.1 Å². The van der Waals surface area contributed by atoms with Crippen LogP contribution in [0.1, 0.15) is 74.7 Å². The fourth-order valence-electron chi connectivity index (χ4n) is 7.12. The summed E-state index contributed by atoms with van der Waals surface area (Å²) in [5, 5.41) is 12.8. The zero-order valence-corrected chi connectivity index (χ0v) is 31.6. The summed E-state index contributed by atoms with van der Waals surface area (Å²) in [5.41, 5.74) is -1.75. The lowest BCUT2D eigenvalue weighted by atomic mass is 9.85. The predicted molar refractivity (Wildman–Crippen MR) is 188 cm³/mol. The molecule has 2 saturated heterocycles. The molecule has 16 nitrogen and oxygen atoms in total. The van der Waals surface area contributed by atoms with Crippen LogP contribution in [0.2, 0.25) is 0 Å². The Morgan fingerprint density at radius 3 is 2.06 bits per heavy atom. The molecule has 0 bridgehead atoms. The Labute approximate surface area is 304 Å². The van der Waals surface area contributed by atoms with Gasteiger partial charge in [-0.05, 0) is 40.4 Å². The Kier molecular flexibility index (Phi) is 11.9. The molecule has 4 aliphatic rings. The minimum atomic E-state index is -1.17. The highest BCUT2D eigenvalue weighted by atomic mass is 16.5. The Morgan fingerprint density at radius 2 is 1.52 bits per heavy atom. The number of morpholine rings is 1. The molecule has 9 amide bonds. The largest absolute Gasteiger partial charge is 0.362 e. The summed E-state index contributed by atoms with van der Waals surface area (Å²) in [6, 6.07) is -5.80. The molecule has 2 saturated carbocycles. The standard InChI is InChI=1S/C36H55N7O9/c1-10-13-37-30(48)27(46)21(14-19-11-12-19)38-29(47)26-25-20(36(25,8)9)15-43(26)31(49)28(35(5,6)7)40-33(51)41-32(50)39-22(34(2,3)4)16-42-23(44)17-52-18-24(42)45/h10,19-22,25-26,28H,1,11-18H2,2-9H3,(H,37,48)(H,38,47)(H3,39,40,41,50,51)/t20-,21?,22+,25-,26-,28+/m0/s1. The lowest BCUT2D eigenvalue weighted by Gasteiger charge is -2.38. The van der Waals surface area contributed by atoms with Crippen LogP contribution in [0.4, 0.5) is 9.59 Å². The molecule has 288 valence electrons. The Balaban J connectivity index is 1.47. The van der Waals surface area contributed by atoms with Crippen molar-refractivity contribution in [2.45, 2.75) is 98.8 Å². The van der Waals surface area contributed by atoms with Crippen LogP contribution in [0.15, 0.2) is 12.7 Å². The van der Waals surface area contributed by atoms with Crippen molar-refractivity contribution in [2.24, 2.45) is 34.0 Å². The van der Waals surface area contributed by atoms with E-state index in [0.717, 1.165) is 17.7 Å². The number of hydrogen-bond donors (Lipinski definition) is 5. The Morgan fingerprint density at radius 1 is 0.923 bits per heavy atom. The van der Waals surface area contributed by atoms with Crippen LogP contribution in [0.5, 0.6) is 0 Å². The smallest absolute Gasteiger partial charge is 0.323 e. The Hall–Kier alpha value is -4.34. The lowest BCUT2D eigenvalue weighted by molar-refractivity contribution is -0.159. The molecule has 6 atom stereocenters. The SMILES string of the molecule is C=CCNC(=O)C(=O)C(CC1CC1)NC(=O)[C@@H]1[C@@H]2[C@H](CN1C(=O)[C@@H](NC(=O)NC(=O)N[C@H](CN1C(=O)COCC1=O)C(C)(C)C)C(C)(C)C)C2(C)C. The van der Waals surface area contributed by atoms with E-state index in [9.17, 15) is 38.4 Å². The zero-order chi connectivity index (χ0) is 38.9. The van der Waals surface area contributed by atoms with E-state index < -0.39 is 82.4 Å². The predicted octanol–water partition coefficient (Wildman–Crippen LogP) is 0.849. The molecule has 1 unspecified atom stereocenters. The van der Waals surface area contributed by atoms with Crippen LogP contribution in [0.25, 0.3) is 0 Å². The number of amides is 9. The molecular formula is C36H55N7O9. The van der Waals surface area contributed by atoms with Crippen LogP contribution in [0.3, 0.4) is 0 Å². The van der Waals surface area contributed by atoms with Gasteiger partial charge >= 0.3 is 12.1 Å². The number of hydrogen-bond acceptors (Lipinski definition) is 9. The van der Waals surface area contributed by atoms with E-state index in [1.54, 1.807) is 41.5 Å². The van der Waals surface area contributed by atoms with E-state index in [1.807, 2.05) is 13.8 Å². The molecule has 0 aromatic carbocycles. The molecule has 0 spiro atoms. The maximum Gasteiger partial charge on any atom is 0.323 e. The number of piperidine rings is 1. The van der Waals surface area contributed by atoms with Crippen molar-refractivity contribution >= 4 is 47.4 Å². The molecule has 2 aliphatic carbocycles. The van der Waals surface area contributed by atoms with Crippen LogP contribution < -0.4 is 26.6 Å². The number of fused-ring (bicyclic) bond motifs is 1. The third-order valence-corrected chi connectivity index (χ3v) is 10.7. The first-order valence-electron chi connectivity index (χ1n) is 17.9. The summed E-state index contributed by atoms with van der Waals surface area (Å²) in [6.45, 7) is 17.9. The van der Waals surface area contributed by atoms with Gasteiger partial charge in [-0.1, -0.05) is 74.3 Å². The van der Waals surface area contributed by atoms with Crippen LogP contribution >= 0.6 is 0 Å². The van der Waals surface area contributed by atoms with E-state index in [1.165, 1.54) is 11.0 Å². The molecule has 0 aromatic rings. The van der Waals surface area contributed by atoms with Crippen molar-refractivity contribution in [2.75, 3.05) is 32.8 Å². The van der Waals surface area contributed by atoms with E-state index in [4.69, 9.17) is 4.74 Å². The third-order valence-electron chi connectivity index (χ3n) is 10.7. The van der Waals surface area contributed by atoms with Crippen LogP contribution in [-0.4, -0.2) is 114 Å². The maximum absolute atomic E-state index is 14.3. The second kappa shape index (κ2) is 15.3. The van der Waals surface area contributed by atoms with Gasteiger partial charge < -0.3 is 30.9 Å². The third kappa shape index (κ3) is 9.36. The van der Waals surface area contributed by atoms with Gasteiger partial charge in [0.2, 0.25) is 17.6 Å². The number of carbonyl (C=O) groups excluding carboxylic acids is 8. The summed E-state index contributed by atoms with van der Waals surface area (Å²) in [6.07, 6.45) is 3.55. The maximum atomic E-state index is 14.3. The van der Waals surface area contributed by atoms with E-state index in [2.05, 4.69) is 33.2 Å².